The third kappa shape index (κ3) is 5.73. The van der Waals surface area contributed by atoms with Gasteiger partial charge in [0.25, 0.3) is 11.8 Å². The third-order valence-corrected chi connectivity index (χ3v) is 4.81. The zero-order chi connectivity index (χ0) is 22.4. The Morgan fingerprint density at radius 1 is 1.03 bits per heavy atom. The summed E-state index contributed by atoms with van der Waals surface area (Å²) in [5, 5.41) is 0.242. The Bertz CT molecular complexity index is 963. The summed E-state index contributed by atoms with van der Waals surface area (Å²) in [6.45, 7) is 5.53. The number of carbonyl (C=O) groups excluding carboxylic acids is 2. The van der Waals surface area contributed by atoms with Crippen LogP contribution >= 0.6 is 11.6 Å². The van der Waals surface area contributed by atoms with E-state index in [1.54, 1.807) is 18.2 Å². The molecule has 1 aliphatic heterocycles. The summed E-state index contributed by atoms with van der Waals surface area (Å²) in [5.41, 5.74) is 5.26. The first-order chi connectivity index (χ1) is 14.9. The molecular formula is C22H25ClN2O6. The van der Waals surface area contributed by atoms with Gasteiger partial charge >= 0.3 is 0 Å². The maximum Gasteiger partial charge on any atom is 0.269 e. The van der Waals surface area contributed by atoms with Crippen molar-refractivity contribution in [3.8, 4) is 23.0 Å². The average Bonchev–Trinajstić information content (AvgIpc) is 2.77. The summed E-state index contributed by atoms with van der Waals surface area (Å²) in [7, 11) is 1.46. The van der Waals surface area contributed by atoms with Crippen molar-refractivity contribution in [2.75, 3.05) is 26.9 Å². The molecule has 2 N–H and O–H groups in total. The van der Waals surface area contributed by atoms with Crippen molar-refractivity contribution >= 4 is 23.4 Å². The molecule has 31 heavy (non-hydrogen) atoms. The van der Waals surface area contributed by atoms with E-state index in [1.807, 2.05) is 0 Å². The predicted molar refractivity (Wildman–Crippen MR) is 115 cm³/mol. The fraction of sp³-hybridized carbons (Fsp3) is 0.364. The first kappa shape index (κ1) is 22.6. The first-order valence-corrected chi connectivity index (χ1v) is 10.3. The summed E-state index contributed by atoms with van der Waals surface area (Å²) in [4.78, 5) is 24.9. The van der Waals surface area contributed by atoms with Gasteiger partial charge in [-0.05, 0) is 42.7 Å². The van der Waals surface area contributed by atoms with E-state index >= 15 is 0 Å². The second-order valence-corrected chi connectivity index (χ2v) is 7.69. The molecule has 0 atom stereocenters. The lowest BCUT2D eigenvalue weighted by Crippen LogP contribution is -2.41. The molecule has 0 fully saturated rings. The number of rotatable bonds is 7. The minimum Gasteiger partial charge on any atom is -0.493 e. The molecule has 1 heterocycles. The second-order valence-electron chi connectivity index (χ2n) is 7.29. The van der Waals surface area contributed by atoms with Crippen LogP contribution in [0.4, 0.5) is 0 Å². The summed E-state index contributed by atoms with van der Waals surface area (Å²) in [6, 6.07) is 7.74. The van der Waals surface area contributed by atoms with Crippen molar-refractivity contribution in [1.82, 2.24) is 10.9 Å². The number of benzene rings is 2. The van der Waals surface area contributed by atoms with Crippen molar-refractivity contribution in [3.63, 3.8) is 0 Å². The van der Waals surface area contributed by atoms with E-state index in [1.165, 1.54) is 19.2 Å². The SMILES string of the molecule is COc1cc(C(=O)NNC(=O)c2ccc3c(c2)OCCO3)cc(Cl)c1OCCC(C)C. The highest BCUT2D eigenvalue weighted by Gasteiger charge is 2.18. The largest absolute Gasteiger partial charge is 0.493 e. The Morgan fingerprint density at radius 3 is 2.39 bits per heavy atom. The summed E-state index contributed by atoms with van der Waals surface area (Å²) < 4.78 is 21.9. The van der Waals surface area contributed by atoms with Crippen LogP contribution < -0.4 is 29.8 Å². The second kappa shape index (κ2) is 10.3. The van der Waals surface area contributed by atoms with Crippen molar-refractivity contribution < 1.29 is 28.5 Å². The van der Waals surface area contributed by atoms with Gasteiger partial charge in [0.2, 0.25) is 0 Å². The van der Waals surface area contributed by atoms with E-state index < -0.39 is 11.8 Å². The molecule has 0 spiro atoms. The number of hydrogen-bond acceptors (Lipinski definition) is 6. The predicted octanol–water partition coefficient (Wildman–Crippen LogP) is 3.62. The first-order valence-electron chi connectivity index (χ1n) is 9.89. The number of methoxy groups -OCH3 is 1. The van der Waals surface area contributed by atoms with Crippen molar-refractivity contribution in [2.24, 2.45) is 5.92 Å². The molecule has 1 aliphatic rings. The van der Waals surface area contributed by atoms with Gasteiger partial charge in [0.05, 0.1) is 18.7 Å². The van der Waals surface area contributed by atoms with Crippen molar-refractivity contribution in [1.29, 1.82) is 0 Å². The van der Waals surface area contributed by atoms with Crippen LogP contribution in [0.25, 0.3) is 0 Å². The molecule has 0 aromatic heterocycles. The average molecular weight is 449 g/mol. The van der Waals surface area contributed by atoms with Gasteiger partial charge in [-0.3, -0.25) is 20.4 Å². The van der Waals surface area contributed by atoms with Crippen LogP contribution in [0.2, 0.25) is 5.02 Å². The van der Waals surface area contributed by atoms with E-state index in [9.17, 15) is 9.59 Å². The van der Waals surface area contributed by atoms with Crippen LogP contribution in [0.1, 0.15) is 41.0 Å². The molecular weight excluding hydrogens is 424 g/mol. The van der Waals surface area contributed by atoms with Gasteiger partial charge in [-0.1, -0.05) is 25.4 Å². The number of nitrogens with one attached hydrogen (secondary N) is 2. The molecule has 0 saturated heterocycles. The molecule has 2 aromatic rings. The highest BCUT2D eigenvalue weighted by molar-refractivity contribution is 6.32. The molecule has 0 bridgehead atoms. The fourth-order valence-electron chi connectivity index (χ4n) is 2.83. The topological polar surface area (TPSA) is 95.1 Å². The lowest BCUT2D eigenvalue weighted by molar-refractivity contribution is 0.0846. The van der Waals surface area contributed by atoms with Gasteiger partial charge in [-0.15, -0.1) is 0 Å². The maximum atomic E-state index is 12.5. The summed E-state index contributed by atoms with van der Waals surface area (Å²) in [6.07, 6.45) is 0.855. The van der Waals surface area contributed by atoms with Crippen LogP contribution in [0.3, 0.4) is 0 Å². The van der Waals surface area contributed by atoms with Gasteiger partial charge in [0.1, 0.15) is 13.2 Å². The van der Waals surface area contributed by atoms with E-state index in [-0.39, 0.29) is 10.6 Å². The Hall–Kier alpha value is -3.13. The quantitative estimate of drug-likeness (QED) is 0.628. The Labute approximate surface area is 185 Å². The monoisotopic (exact) mass is 448 g/mol. The van der Waals surface area contributed by atoms with Crippen LogP contribution in [-0.2, 0) is 0 Å². The molecule has 0 aliphatic carbocycles. The smallest absolute Gasteiger partial charge is 0.269 e. The minimum absolute atomic E-state index is 0.209. The number of hydrazine groups is 1. The van der Waals surface area contributed by atoms with Crippen LogP contribution in [0.15, 0.2) is 30.3 Å². The molecule has 0 unspecified atom stereocenters. The summed E-state index contributed by atoms with van der Waals surface area (Å²) >= 11 is 6.30. The number of carbonyl (C=O) groups is 2. The van der Waals surface area contributed by atoms with Gasteiger partial charge in [0.15, 0.2) is 23.0 Å². The molecule has 2 amide bonds. The van der Waals surface area contributed by atoms with E-state index in [4.69, 9.17) is 30.5 Å². The van der Waals surface area contributed by atoms with E-state index in [0.29, 0.717) is 54.3 Å². The standard InChI is InChI=1S/C22H25ClN2O6/c1-13(2)6-7-31-20-16(23)10-15(12-19(20)28-3)22(27)25-24-21(26)14-4-5-17-18(11-14)30-9-8-29-17/h4-5,10-13H,6-9H2,1-3H3,(H,24,26)(H,25,27). The lowest BCUT2D eigenvalue weighted by Gasteiger charge is -2.18. The normalized spacial score (nSPS) is 12.3. The number of halogens is 1. The van der Waals surface area contributed by atoms with Crippen LogP contribution in [0.5, 0.6) is 23.0 Å². The van der Waals surface area contributed by atoms with E-state index in [2.05, 4.69) is 24.7 Å². The Balaban J connectivity index is 1.64. The number of hydrogen-bond donors (Lipinski definition) is 2. The molecule has 3 rings (SSSR count). The van der Waals surface area contributed by atoms with Gasteiger partial charge in [0, 0.05) is 11.1 Å². The highest BCUT2D eigenvalue weighted by Crippen LogP contribution is 2.36. The molecule has 166 valence electrons. The third-order valence-electron chi connectivity index (χ3n) is 4.53. The number of fused-ring (bicyclic) bond motifs is 1. The van der Waals surface area contributed by atoms with Crippen LogP contribution in [-0.4, -0.2) is 38.7 Å². The molecule has 9 heteroatoms. The summed E-state index contributed by atoms with van der Waals surface area (Å²) in [5.74, 6) is 1.19. The Morgan fingerprint density at radius 2 is 1.71 bits per heavy atom. The van der Waals surface area contributed by atoms with E-state index in [0.717, 1.165) is 6.42 Å². The Kier molecular flexibility index (Phi) is 7.46. The van der Waals surface area contributed by atoms with Crippen molar-refractivity contribution in [3.05, 3.63) is 46.5 Å². The molecule has 8 nitrogen and oxygen atoms in total. The van der Waals surface area contributed by atoms with Gasteiger partial charge in [-0.2, -0.15) is 0 Å². The zero-order valence-electron chi connectivity index (χ0n) is 17.6. The fourth-order valence-corrected chi connectivity index (χ4v) is 3.10. The molecule has 0 radical (unpaired) electrons. The minimum atomic E-state index is -0.556. The van der Waals surface area contributed by atoms with Gasteiger partial charge < -0.3 is 18.9 Å². The zero-order valence-corrected chi connectivity index (χ0v) is 18.4. The van der Waals surface area contributed by atoms with Gasteiger partial charge in [-0.25, -0.2) is 0 Å². The van der Waals surface area contributed by atoms with Crippen LogP contribution in [0, 0.1) is 5.92 Å². The van der Waals surface area contributed by atoms with Crippen molar-refractivity contribution in [2.45, 2.75) is 20.3 Å². The number of amides is 2. The lowest BCUT2D eigenvalue weighted by atomic mass is 10.1. The molecule has 0 saturated carbocycles. The highest BCUT2D eigenvalue weighted by atomic mass is 35.5. The molecule has 2 aromatic carbocycles. The maximum absolute atomic E-state index is 12.5. The number of ether oxygens (including phenoxy) is 4.